The van der Waals surface area contributed by atoms with E-state index in [9.17, 15) is 147 Å². The zero-order valence-electron chi connectivity index (χ0n) is 79.0. The van der Waals surface area contributed by atoms with E-state index in [2.05, 4.69) is 0 Å². The third-order valence-corrected chi connectivity index (χ3v) is 36.7. The third kappa shape index (κ3) is 75.5. The van der Waals surface area contributed by atoms with Crippen molar-refractivity contribution in [2.45, 2.75) is 200 Å². The van der Waals surface area contributed by atoms with Crippen molar-refractivity contribution in [3.63, 3.8) is 0 Å². The first-order chi connectivity index (χ1) is 65.3. The Bertz CT molecular complexity index is 4860. The highest BCUT2D eigenvalue weighted by Crippen LogP contribution is 2.54. The number of benzene rings is 3. The Kier molecular flexibility index (Phi) is 70.5. The smallest absolute Gasteiger partial charge is 0.307 e. The lowest BCUT2D eigenvalue weighted by molar-refractivity contribution is -0.144. The molecule has 1 aliphatic carbocycles. The number of unbranched alkanes of at least 4 members (excludes halogenated alkanes) is 1. The molecule has 0 bridgehead atoms. The van der Waals surface area contributed by atoms with Gasteiger partial charge in [0, 0.05) is 149 Å². The van der Waals surface area contributed by atoms with E-state index in [1.54, 1.807) is 55.5 Å². The van der Waals surface area contributed by atoms with Crippen LogP contribution in [0.4, 0.5) is 0 Å². The summed E-state index contributed by atoms with van der Waals surface area (Å²) in [6, 6.07) is 25.9. The monoisotopic (exact) mass is 2190 g/mol. The van der Waals surface area contributed by atoms with E-state index in [0.29, 0.717) is 44.1 Å². The van der Waals surface area contributed by atoms with Gasteiger partial charge in [0.2, 0.25) is 51.6 Å². The predicted molar refractivity (Wildman–Crippen MR) is 516 cm³/mol. The molecule has 142 heavy (non-hydrogen) atoms. The van der Waals surface area contributed by atoms with Crippen molar-refractivity contribution in [1.82, 2.24) is 0 Å². The van der Waals surface area contributed by atoms with Crippen LogP contribution in [0.5, 0.6) is 0 Å². The molecule has 16 atom stereocenters. The topological polar surface area (TPSA) is 895 Å². The average Bonchev–Trinajstić information content (AvgIpc) is 0.835. The minimum absolute atomic E-state index is 0.00382. The number of hydrogen-bond donors (Lipinski definition) is 24. The maximum Gasteiger partial charge on any atom is 0.307 e. The number of aliphatic carboxylic acids is 16. The van der Waals surface area contributed by atoms with E-state index in [1.807, 2.05) is 37.3 Å². The minimum Gasteiger partial charge on any atom is -0.481 e. The molecule has 3 aromatic rings. The Morgan fingerprint density at radius 2 is 0.528 bits per heavy atom. The highest BCUT2D eigenvalue weighted by atomic mass is 31.2. The molecule has 56 heteroatoms. The van der Waals surface area contributed by atoms with Gasteiger partial charge in [-0.15, -0.1) is 0 Å². The molecule has 24 N–H and O–H groups in total. The van der Waals surface area contributed by atoms with Crippen LogP contribution in [-0.2, 0) is 126 Å². The van der Waals surface area contributed by atoms with Crippen LogP contribution in [0.1, 0.15) is 192 Å². The Morgan fingerprint density at radius 3 is 0.796 bits per heavy atom. The molecule has 0 aromatic heterocycles. The summed E-state index contributed by atoms with van der Waals surface area (Å²) >= 11 is 0. The molecule has 810 valence electrons. The van der Waals surface area contributed by atoms with Crippen LogP contribution in [0, 0.1) is 47.3 Å². The van der Waals surface area contributed by atoms with Crippen LogP contribution < -0.4 is 5.30 Å². The fourth-order valence-electron chi connectivity index (χ4n) is 13.1. The van der Waals surface area contributed by atoms with Gasteiger partial charge >= 0.3 is 95.5 Å². The van der Waals surface area contributed by atoms with Crippen LogP contribution in [0.25, 0.3) is 0 Å². The maximum absolute atomic E-state index is 12.3. The van der Waals surface area contributed by atoms with Crippen LogP contribution in [-0.4, -0.2) is 303 Å². The van der Waals surface area contributed by atoms with E-state index in [1.165, 1.54) is 19.1 Å². The first-order valence-corrected chi connectivity index (χ1v) is 60.7. The van der Waals surface area contributed by atoms with Gasteiger partial charge in [0.25, 0.3) is 0 Å². The molecule has 3 aromatic carbocycles. The lowest BCUT2D eigenvalue weighted by atomic mass is 10.0. The zero-order valence-corrected chi connectivity index (χ0v) is 86.2. The Morgan fingerprint density at radius 1 is 0.282 bits per heavy atom. The second-order valence-electron chi connectivity index (χ2n) is 33.6. The molecule has 1 aliphatic rings. The van der Waals surface area contributed by atoms with Crippen molar-refractivity contribution in [3.05, 3.63) is 102 Å². The van der Waals surface area contributed by atoms with E-state index in [0.717, 1.165) is 37.9 Å². The summed E-state index contributed by atoms with van der Waals surface area (Å²) in [5.74, 6) is -27.3. The fourth-order valence-corrected chi connectivity index (χ4v) is 27.5. The van der Waals surface area contributed by atoms with Crippen molar-refractivity contribution >= 4 is 160 Å². The van der Waals surface area contributed by atoms with Gasteiger partial charge in [-0.2, -0.15) is 0 Å². The van der Waals surface area contributed by atoms with Crippen LogP contribution >= 0.6 is 59.0 Å². The van der Waals surface area contributed by atoms with Crippen molar-refractivity contribution in [1.29, 1.82) is 0 Å². The van der Waals surface area contributed by atoms with Gasteiger partial charge in [0.05, 0.1) is 47.3 Å². The molecular weight excluding hydrogens is 2050 g/mol. The van der Waals surface area contributed by atoms with Gasteiger partial charge in [0.1, 0.15) is 0 Å². The predicted octanol–water partition coefficient (Wildman–Crippen LogP) is 11.9. The summed E-state index contributed by atoms with van der Waals surface area (Å²) in [5.41, 5.74) is 1.40. The Labute approximate surface area is 819 Å². The molecule has 48 nitrogen and oxygen atoms in total. The summed E-state index contributed by atoms with van der Waals surface area (Å²) in [6.45, 7) is 6.16. The molecule has 4 rings (SSSR count). The highest BCUT2D eigenvalue weighted by Gasteiger charge is 2.39. The summed E-state index contributed by atoms with van der Waals surface area (Å²) in [5, 5.41) is 139. The second kappa shape index (κ2) is 72.1. The second-order valence-corrected chi connectivity index (χ2v) is 53.6. The molecule has 0 amide bonds. The molecule has 1 saturated carbocycles. The number of carboxylic acid groups (broad SMARTS) is 16. The van der Waals surface area contributed by atoms with E-state index in [4.69, 9.17) is 86.6 Å². The fraction of sp³-hybridized carbons (Fsp3) is 0.605. The summed E-state index contributed by atoms with van der Waals surface area (Å²) in [7, 11) is -28.2. The van der Waals surface area contributed by atoms with Crippen molar-refractivity contribution in [2.75, 3.05) is 80.6 Å². The third-order valence-electron chi connectivity index (χ3n) is 20.8. The summed E-state index contributed by atoms with van der Waals surface area (Å²) in [6.07, 6.45) is 0.812. The molecular formula is C86H138O48P8. The Balaban J connectivity index is -0.000000769. The van der Waals surface area contributed by atoms with Crippen LogP contribution in [0.3, 0.4) is 0 Å². The molecule has 0 aliphatic heterocycles. The van der Waals surface area contributed by atoms with Gasteiger partial charge in [-0.3, -0.25) is 113 Å². The molecule has 0 spiro atoms. The van der Waals surface area contributed by atoms with Gasteiger partial charge in [-0.1, -0.05) is 125 Å². The number of rotatable bonds is 62. The normalized spacial score (nSPS) is 16.6. The largest absolute Gasteiger partial charge is 0.481 e. The van der Waals surface area contributed by atoms with E-state index >= 15 is 0 Å². The van der Waals surface area contributed by atoms with Crippen molar-refractivity contribution in [3.8, 4) is 0 Å². The van der Waals surface area contributed by atoms with E-state index in [-0.39, 0.29) is 181 Å². The lowest BCUT2D eigenvalue weighted by Gasteiger charge is -2.28. The number of carbonyl (C=O) groups is 16. The summed E-state index contributed by atoms with van der Waals surface area (Å²) in [4.78, 5) is 247. The quantitative estimate of drug-likeness (QED) is 0.0233. The minimum atomic E-state index is -3.79. The highest BCUT2D eigenvalue weighted by molar-refractivity contribution is 7.66. The van der Waals surface area contributed by atoms with Crippen LogP contribution in [0.2, 0.25) is 0 Å². The molecule has 0 heterocycles. The van der Waals surface area contributed by atoms with Crippen molar-refractivity contribution in [2.24, 2.45) is 47.3 Å². The Hall–Kier alpha value is -9.30. The molecule has 0 radical (unpaired) electrons. The lowest BCUT2D eigenvalue weighted by Crippen LogP contribution is -2.24. The van der Waals surface area contributed by atoms with Gasteiger partial charge in [-0.25, -0.2) is 0 Å². The maximum atomic E-state index is 12.3. The molecule has 0 saturated heterocycles. The number of aryl methyl sites for hydroxylation is 1. The van der Waals surface area contributed by atoms with Crippen molar-refractivity contribution < 1.29 is 234 Å². The van der Waals surface area contributed by atoms with E-state index < -0.39 is 214 Å². The zero-order chi connectivity index (χ0) is 110. The van der Waals surface area contributed by atoms with Crippen LogP contribution in [0.15, 0.2) is 91.0 Å². The molecule has 1 fully saturated rings. The standard InChI is InChI=1S/C15H21O6P.C13H17O6P.C12H21O6P.C12H15O6P.C10H19O6P.C9H17O6P.C8H15O6P.C7H13O6P/c16-14(17)9-8-13(15(18)19)11-22(20,21)10-4-7-12-5-2-1-3-6-12;14-12(15)7-6-11(13(16)17)9-20(18,19)8-10-4-2-1-3-5-10;2*13-11(14)7-6-9(12(15)16)8-19(17,18)10-4-2-1-3-5-10;1-2-3-6-17(15,16)7-8(10(13)14)4-5-9(11)12;1-2-5-16(14,15)6-7(9(12)13)3-4-8(10)11;1-2-15(13,14)5-6(8(11)12)3-4-7(9)10;1-14(12,13)4-5(7(10)11)2-3-6(8)9/h1-3,5-6,13H,4,7-11H2,(H,16,17)(H,18,19)(H,20,21);1-5,11H,6-9H2,(H,14,15)(H,16,17)(H,18,19);9-10H,1-8H2,(H,13,14)(H,15,16)(H,17,18);1-5,9H,6-8H2,(H,13,14)(H,15,16)(H,17,18);8H,2-7H2,1H3,(H,11,12)(H,13,14)(H,15,16);7H,2-6H2,1H3,(H,10,11)(H,12,13)(H,14,15);6H,2-5H2,1H3,(H,9,10)(H,11,12)(H,13,14);5H,2-4H2,1H3,(H,8,9)(H,10,11)(H,12,13). The first kappa shape index (κ1) is 139. The van der Waals surface area contributed by atoms with Gasteiger partial charge in [-0.05, 0) is 113 Å². The van der Waals surface area contributed by atoms with Gasteiger partial charge < -0.3 is 121 Å². The SMILES string of the molecule is CCCCP(=O)(O)CC(CCC(=O)O)C(=O)O.CCCP(=O)(O)CC(CCC(=O)O)C(=O)O.CCP(=O)(O)CC(CCC(=O)O)C(=O)O.CP(=O)(O)CC(CCC(=O)O)C(=O)O.O=C(O)CCC(CP(=O)(O)C1CCCCC1)C(=O)O.O=C(O)CCC(CP(=O)(O)CCCc1ccccc1)C(=O)O.O=C(O)CCC(CP(=O)(O)Cc1ccccc1)C(=O)O.O=C(O)CCC(CP(=O)(O)c1ccccc1)C(=O)O. The van der Waals surface area contributed by atoms with Gasteiger partial charge in [0.15, 0.2) is 7.37 Å². The first-order valence-electron chi connectivity index (χ1n) is 44.5. The summed E-state index contributed by atoms with van der Waals surface area (Å²) < 4.78 is 94.0. The number of hydrogen-bond acceptors (Lipinski definition) is 24. The average molecular weight is 2190 g/mol. The number of carboxylic acids is 16. The molecule has 16 unspecified atom stereocenters.